The van der Waals surface area contributed by atoms with Gasteiger partial charge in [-0.15, -0.1) is 0 Å². The van der Waals surface area contributed by atoms with Crippen LogP contribution in [-0.4, -0.2) is 13.9 Å². The molecule has 0 bridgehead atoms. The molecule has 1 aliphatic rings. The van der Waals surface area contributed by atoms with Crippen LogP contribution in [0.2, 0.25) is 0 Å². The maximum absolute atomic E-state index is 12.6. The molecule has 0 fully saturated rings. The summed E-state index contributed by atoms with van der Waals surface area (Å²) in [6.45, 7) is 2.05. The van der Waals surface area contributed by atoms with Crippen LogP contribution in [0, 0.1) is 6.92 Å². The molecule has 3 nitrogen and oxygen atoms in total. The third kappa shape index (κ3) is 4.32. The molecule has 7 heteroatoms. The molecule has 0 heterocycles. The van der Waals surface area contributed by atoms with Crippen molar-refractivity contribution in [3.05, 3.63) is 101 Å². The Labute approximate surface area is 179 Å². The van der Waals surface area contributed by atoms with Crippen LogP contribution in [0.5, 0.6) is 5.75 Å². The van der Waals surface area contributed by atoms with Crippen LogP contribution < -0.4 is 4.18 Å². The predicted molar refractivity (Wildman–Crippen MR) is 113 cm³/mol. The average Bonchev–Trinajstić information content (AvgIpc) is 2.73. The minimum absolute atomic E-state index is 0.0000215. The lowest BCUT2D eigenvalue weighted by molar-refractivity contribution is -0.0500. The first-order valence-corrected chi connectivity index (χ1v) is 11.3. The molecule has 3 aromatic rings. The van der Waals surface area contributed by atoms with Gasteiger partial charge in [0.15, 0.2) is 0 Å². The summed E-state index contributed by atoms with van der Waals surface area (Å²) in [6, 6.07) is 22.3. The number of halogens is 3. The van der Waals surface area contributed by atoms with Crippen LogP contribution in [0.1, 0.15) is 46.1 Å². The third-order valence-corrected chi connectivity index (χ3v) is 6.70. The van der Waals surface area contributed by atoms with Crippen molar-refractivity contribution in [1.29, 1.82) is 0 Å². The van der Waals surface area contributed by atoms with Gasteiger partial charge in [-0.3, -0.25) is 0 Å². The summed E-state index contributed by atoms with van der Waals surface area (Å²) in [5.41, 5.74) is 0.245. The van der Waals surface area contributed by atoms with Gasteiger partial charge >= 0.3 is 15.6 Å². The third-order valence-electron chi connectivity index (χ3n) is 5.72. The number of benzene rings is 3. The van der Waals surface area contributed by atoms with Crippen molar-refractivity contribution in [1.82, 2.24) is 0 Å². The summed E-state index contributed by atoms with van der Waals surface area (Å²) in [7, 11) is -5.70. The fourth-order valence-corrected chi connectivity index (χ4v) is 4.78. The summed E-state index contributed by atoms with van der Waals surface area (Å²) in [6.07, 6.45) is 1.88. The molecule has 0 radical (unpaired) electrons. The zero-order valence-corrected chi connectivity index (χ0v) is 17.6. The predicted octanol–water partition coefficient (Wildman–Crippen LogP) is 6.09. The van der Waals surface area contributed by atoms with E-state index >= 15 is 0 Å². The lowest BCUT2D eigenvalue weighted by Gasteiger charge is -2.35. The quantitative estimate of drug-likeness (QED) is 0.360. The number of alkyl halides is 3. The van der Waals surface area contributed by atoms with Crippen molar-refractivity contribution in [3.63, 3.8) is 0 Å². The largest absolute Gasteiger partial charge is 0.534 e. The van der Waals surface area contributed by atoms with Gasteiger partial charge in [-0.25, -0.2) is 0 Å². The maximum Gasteiger partial charge on any atom is 0.534 e. The SMILES string of the molecule is Cc1ccc2c(c1)CC[C@H](c1ccccc1)[C@@H]2c1ccc(OS(=O)(=O)C(F)(F)F)cc1. The van der Waals surface area contributed by atoms with Gasteiger partial charge in [0.25, 0.3) is 0 Å². The summed E-state index contributed by atoms with van der Waals surface area (Å²) >= 11 is 0. The molecule has 31 heavy (non-hydrogen) atoms. The Morgan fingerprint density at radius 1 is 0.903 bits per heavy atom. The zero-order chi connectivity index (χ0) is 22.2. The molecule has 0 amide bonds. The molecule has 0 N–H and O–H groups in total. The van der Waals surface area contributed by atoms with Gasteiger partial charge in [0.1, 0.15) is 5.75 Å². The molecular formula is C24H21F3O3S. The van der Waals surface area contributed by atoms with Crippen LogP contribution in [-0.2, 0) is 16.5 Å². The first-order chi connectivity index (χ1) is 14.7. The summed E-state index contributed by atoms with van der Waals surface area (Å²) in [5.74, 6) is -0.167. The lowest BCUT2D eigenvalue weighted by atomic mass is 9.69. The zero-order valence-electron chi connectivity index (χ0n) is 16.8. The Kier molecular flexibility index (Phi) is 5.56. The molecule has 162 valence electrons. The Morgan fingerprint density at radius 3 is 2.23 bits per heavy atom. The Morgan fingerprint density at radius 2 is 1.58 bits per heavy atom. The van der Waals surface area contributed by atoms with Gasteiger partial charge < -0.3 is 4.18 Å². The van der Waals surface area contributed by atoms with Crippen LogP contribution in [0.15, 0.2) is 72.8 Å². The molecule has 4 rings (SSSR count). The van der Waals surface area contributed by atoms with Crippen molar-refractivity contribution >= 4 is 10.1 Å². The number of hydrogen-bond donors (Lipinski definition) is 0. The molecule has 0 unspecified atom stereocenters. The van der Waals surface area contributed by atoms with E-state index in [1.54, 1.807) is 12.1 Å². The minimum atomic E-state index is -5.70. The van der Waals surface area contributed by atoms with Gasteiger partial charge in [0.2, 0.25) is 0 Å². The van der Waals surface area contributed by atoms with E-state index in [2.05, 4.69) is 34.5 Å². The van der Waals surface area contributed by atoms with Gasteiger partial charge in [-0.05, 0) is 60.1 Å². The highest BCUT2D eigenvalue weighted by Gasteiger charge is 2.48. The van der Waals surface area contributed by atoms with Crippen molar-refractivity contribution in [2.45, 2.75) is 37.1 Å². The molecular weight excluding hydrogens is 425 g/mol. The van der Waals surface area contributed by atoms with Crippen LogP contribution in [0.4, 0.5) is 13.2 Å². The van der Waals surface area contributed by atoms with Gasteiger partial charge in [0.05, 0.1) is 0 Å². The van der Waals surface area contributed by atoms with E-state index in [0.717, 1.165) is 18.4 Å². The van der Waals surface area contributed by atoms with Gasteiger partial charge in [-0.1, -0.05) is 66.2 Å². The van der Waals surface area contributed by atoms with Crippen LogP contribution >= 0.6 is 0 Å². The fourth-order valence-electron chi connectivity index (χ4n) is 4.32. The Bertz CT molecular complexity index is 1170. The summed E-state index contributed by atoms with van der Waals surface area (Å²) in [4.78, 5) is 0. The monoisotopic (exact) mass is 446 g/mol. The smallest absolute Gasteiger partial charge is 0.376 e. The topological polar surface area (TPSA) is 43.4 Å². The number of rotatable bonds is 4. The number of hydrogen-bond acceptors (Lipinski definition) is 3. The van der Waals surface area contributed by atoms with Gasteiger partial charge in [0, 0.05) is 5.92 Å². The molecule has 0 saturated heterocycles. The standard InChI is InChI=1S/C24H21F3O3S/c1-16-7-13-22-19(15-16)10-14-21(17-5-3-2-4-6-17)23(22)18-8-11-20(12-9-18)30-31(28,29)24(25,26)27/h2-9,11-13,15,21,23H,10,14H2,1H3/t21-,23+/m1/s1. The van der Waals surface area contributed by atoms with E-state index in [4.69, 9.17) is 0 Å². The fraction of sp³-hybridized carbons (Fsp3) is 0.250. The van der Waals surface area contributed by atoms with E-state index in [1.165, 1.54) is 34.4 Å². The second-order valence-corrected chi connectivity index (χ2v) is 9.33. The normalized spacial score (nSPS) is 19.0. The van der Waals surface area contributed by atoms with Crippen molar-refractivity contribution in [2.75, 3.05) is 0 Å². The maximum atomic E-state index is 12.6. The molecule has 1 aliphatic carbocycles. The van der Waals surface area contributed by atoms with Crippen LogP contribution in [0.25, 0.3) is 0 Å². The molecule has 3 aromatic carbocycles. The first kappa shape index (κ1) is 21.4. The molecule has 0 saturated carbocycles. The van der Waals surface area contributed by atoms with Gasteiger partial charge in [-0.2, -0.15) is 21.6 Å². The first-order valence-electron chi connectivity index (χ1n) is 9.91. The Balaban J connectivity index is 1.73. The summed E-state index contributed by atoms with van der Waals surface area (Å²) in [5, 5.41) is 0. The molecule has 0 aromatic heterocycles. The van der Waals surface area contributed by atoms with E-state index < -0.39 is 15.6 Å². The van der Waals surface area contributed by atoms with E-state index in [-0.39, 0.29) is 17.6 Å². The van der Waals surface area contributed by atoms with Crippen LogP contribution in [0.3, 0.4) is 0 Å². The van der Waals surface area contributed by atoms with E-state index in [9.17, 15) is 21.6 Å². The second-order valence-electron chi connectivity index (χ2n) is 7.79. The lowest BCUT2D eigenvalue weighted by Crippen LogP contribution is -2.28. The Hall–Kier alpha value is -2.80. The highest BCUT2D eigenvalue weighted by atomic mass is 32.2. The van der Waals surface area contributed by atoms with Crippen molar-refractivity contribution in [2.24, 2.45) is 0 Å². The summed E-state index contributed by atoms with van der Waals surface area (Å²) < 4.78 is 64.7. The molecule has 0 spiro atoms. The van der Waals surface area contributed by atoms with E-state index in [1.807, 2.05) is 25.1 Å². The number of aryl methyl sites for hydroxylation is 2. The van der Waals surface area contributed by atoms with Crippen molar-refractivity contribution < 1.29 is 25.8 Å². The number of fused-ring (bicyclic) bond motifs is 1. The van der Waals surface area contributed by atoms with Crippen molar-refractivity contribution in [3.8, 4) is 5.75 Å². The second kappa shape index (κ2) is 8.04. The van der Waals surface area contributed by atoms with E-state index in [0.29, 0.717) is 0 Å². The minimum Gasteiger partial charge on any atom is -0.376 e. The highest BCUT2D eigenvalue weighted by molar-refractivity contribution is 7.88. The highest BCUT2D eigenvalue weighted by Crippen LogP contribution is 2.46. The average molecular weight is 446 g/mol. The molecule has 0 aliphatic heterocycles. The molecule has 2 atom stereocenters.